The molecule has 0 bridgehead atoms. The van der Waals surface area contributed by atoms with E-state index in [1.54, 1.807) is 0 Å². The molecule has 2 unspecified atom stereocenters. The Kier molecular flexibility index (Phi) is 4.39. The zero-order chi connectivity index (χ0) is 10.6. The Morgan fingerprint density at radius 3 is 2.64 bits per heavy atom. The van der Waals surface area contributed by atoms with Gasteiger partial charge in [-0.2, -0.15) is 0 Å². The molecule has 1 saturated heterocycles. The van der Waals surface area contributed by atoms with Gasteiger partial charge in [0.15, 0.2) is 0 Å². The topological polar surface area (TPSA) is 32.3 Å². The fourth-order valence-corrected chi connectivity index (χ4v) is 2.59. The summed E-state index contributed by atoms with van der Waals surface area (Å²) in [6.45, 7) is 7.44. The summed E-state index contributed by atoms with van der Waals surface area (Å²) < 4.78 is 0. The van der Waals surface area contributed by atoms with E-state index >= 15 is 0 Å². The third-order valence-electron chi connectivity index (χ3n) is 2.95. The second-order valence-corrected chi connectivity index (χ2v) is 5.45. The number of rotatable bonds is 4. The Morgan fingerprint density at radius 1 is 1.43 bits per heavy atom. The molecular weight excluding hydrogens is 174 g/mol. The maximum atomic E-state index is 10.2. The van der Waals surface area contributed by atoms with Crippen LogP contribution < -0.4 is 5.32 Å². The number of hydrogen-bond acceptors (Lipinski definition) is 2. The van der Waals surface area contributed by atoms with Crippen molar-refractivity contribution < 1.29 is 5.11 Å². The molecule has 0 aromatic carbocycles. The number of piperidine rings is 1. The quantitative estimate of drug-likeness (QED) is 0.728. The molecule has 0 aromatic heterocycles. The first kappa shape index (κ1) is 12.0. The lowest BCUT2D eigenvalue weighted by atomic mass is 9.86. The summed E-state index contributed by atoms with van der Waals surface area (Å²) in [6, 6.07) is 0.539. The molecule has 14 heavy (non-hydrogen) atoms. The maximum Gasteiger partial charge on any atom is 0.0637 e. The van der Waals surface area contributed by atoms with Gasteiger partial charge in [-0.05, 0) is 45.1 Å². The fraction of sp³-hybridized carbons (Fsp3) is 1.00. The number of hydrogen-bond donors (Lipinski definition) is 2. The van der Waals surface area contributed by atoms with Crippen LogP contribution in [0.2, 0.25) is 0 Å². The van der Waals surface area contributed by atoms with E-state index in [1.807, 2.05) is 6.92 Å². The Balaban J connectivity index is 2.32. The van der Waals surface area contributed by atoms with Gasteiger partial charge in [0, 0.05) is 6.04 Å². The zero-order valence-electron chi connectivity index (χ0n) is 9.84. The van der Waals surface area contributed by atoms with E-state index in [0.29, 0.717) is 12.0 Å². The van der Waals surface area contributed by atoms with E-state index in [-0.39, 0.29) is 0 Å². The molecule has 1 aliphatic heterocycles. The summed E-state index contributed by atoms with van der Waals surface area (Å²) in [5, 5.41) is 13.7. The molecule has 1 fully saturated rings. The highest BCUT2D eigenvalue weighted by Crippen LogP contribution is 2.24. The number of nitrogens with one attached hydrogen (secondary N) is 1. The first-order valence-corrected chi connectivity index (χ1v) is 5.95. The molecule has 2 nitrogen and oxygen atoms in total. The van der Waals surface area contributed by atoms with E-state index < -0.39 is 5.60 Å². The van der Waals surface area contributed by atoms with Gasteiger partial charge in [0.1, 0.15) is 0 Å². The summed E-state index contributed by atoms with van der Waals surface area (Å²) >= 11 is 0. The average Bonchev–Trinajstić information content (AvgIpc) is 2.02. The SMILES string of the molecule is CC(C)CC(C)(O)CC1CCCCN1. The molecule has 0 aromatic rings. The summed E-state index contributed by atoms with van der Waals surface area (Å²) in [6.07, 6.45) is 5.66. The van der Waals surface area contributed by atoms with Crippen molar-refractivity contribution in [1.29, 1.82) is 0 Å². The van der Waals surface area contributed by atoms with Gasteiger partial charge in [0.2, 0.25) is 0 Å². The highest BCUT2D eigenvalue weighted by atomic mass is 16.3. The van der Waals surface area contributed by atoms with Gasteiger partial charge in [-0.25, -0.2) is 0 Å². The standard InChI is InChI=1S/C12H25NO/c1-10(2)8-12(3,14)9-11-6-4-5-7-13-11/h10-11,13-14H,4-9H2,1-3H3. The van der Waals surface area contributed by atoms with Gasteiger partial charge >= 0.3 is 0 Å². The Hall–Kier alpha value is -0.0800. The Bertz CT molecular complexity index is 160. The molecule has 0 spiro atoms. The van der Waals surface area contributed by atoms with Crippen molar-refractivity contribution in [2.45, 2.75) is 64.5 Å². The fourth-order valence-electron chi connectivity index (χ4n) is 2.59. The lowest BCUT2D eigenvalue weighted by molar-refractivity contribution is 0.0174. The predicted octanol–water partition coefficient (Wildman–Crippen LogP) is 2.32. The van der Waals surface area contributed by atoms with Crippen LogP contribution >= 0.6 is 0 Å². The minimum absolute atomic E-state index is 0.483. The molecule has 2 atom stereocenters. The van der Waals surface area contributed by atoms with Crippen molar-refractivity contribution in [3.8, 4) is 0 Å². The summed E-state index contributed by atoms with van der Waals surface area (Å²) in [4.78, 5) is 0. The third-order valence-corrected chi connectivity index (χ3v) is 2.95. The highest BCUT2D eigenvalue weighted by Gasteiger charge is 2.26. The van der Waals surface area contributed by atoms with Crippen LogP contribution in [0.15, 0.2) is 0 Å². The van der Waals surface area contributed by atoms with Crippen LogP contribution in [0.1, 0.15) is 52.9 Å². The average molecular weight is 199 g/mol. The zero-order valence-corrected chi connectivity index (χ0v) is 9.84. The van der Waals surface area contributed by atoms with E-state index in [0.717, 1.165) is 19.4 Å². The van der Waals surface area contributed by atoms with Crippen LogP contribution in [0.3, 0.4) is 0 Å². The highest BCUT2D eigenvalue weighted by molar-refractivity contribution is 4.83. The van der Waals surface area contributed by atoms with Crippen LogP contribution in [0.5, 0.6) is 0 Å². The molecule has 0 saturated carbocycles. The molecule has 0 aliphatic carbocycles. The van der Waals surface area contributed by atoms with Crippen molar-refractivity contribution in [3.05, 3.63) is 0 Å². The Morgan fingerprint density at radius 2 is 2.14 bits per heavy atom. The number of aliphatic hydroxyl groups is 1. The van der Waals surface area contributed by atoms with Gasteiger partial charge < -0.3 is 10.4 Å². The van der Waals surface area contributed by atoms with Crippen molar-refractivity contribution in [2.24, 2.45) is 5.92 Å². The van der Waals surface area contributed by atoms with Crippen LogP contribution in [0.25, 0.3) is 0 Å². The van der Waals surface area contributed by atoms with Crippen molar-refractivity contribution in [3.63, 3.8) is 0 Å². The molecule has 1 heterocycles. The molecule has 84 valence electrons. The van der Waals surface area contributed by atoms with Crippen molar-refractivity contribution >= 4 is 0 Å². The maximum absolute atomic E-state index is 10.2. The van der Waals surface area contributed by atoms with Crippen LogP contribution in [0.4, 0.5) is 0 Å². The lowest BCUT2D eigenvalue weighted by Gasteiger charge is -2.32. The van der Waals surface area contributed by atoms with Crippen LogP contribution in [-0.2, 0) is 0 Å². The van der Waals surface area contributed by atoms with E-state index in [2.05, 4.69) is 19.2 Å². The summed E-state index contributed by atoms with van der Waals surface area (Å²) in [5.41, 5.74) is -0.483. The van der Waals surface area contributed by atoms with Gasteiger partial charge in [-0.3, -0.25) is 0 Å². The van der Waals surface area contributed by atoms with Gasteiger partial charge in [-0.15, -0.1) is 0 Å². The summed E-state index contributed by atoms with van der Waals surface area (Å²) in [7, 11) is 0. The minimum atomic E-state index is -0.483. The second-order valence-electron chi connectivity index (χ2n) is 5.45. The molecular formula is C12H25NO. The van der Waals surface area contributed by atoms with E-state index in [4.69, 9.17) is 0 Å². The van der Waals surface area contributed by atoms with Gasteiger partial charge in [0.05, 0.1) is 5.60 Å². The normalized spacial score (nSPS) is 27.6. The Labute approximate surface area is 88.1 Å². The molecule has 2 N–H and O–H groups in total. The first-order valence-electron chi connectivity index (χ1n) is 5.95. The minimum Gasteiger partial charge on any atom is -0.390 e. The molecule has 2 heteroatoms. The predicted molar refractivity (Wildman–Crippen MR) is 60.3 cm³/mol. The van der Waals surface area contributed by atoms with E-state index in [1.165, 1.54) is 19.3 Å². The van der Waals surface area contributed by atoms with Gasteiger partial charge in [-0.1, -0.05) is 20.3 Å². The second kappa shape index (κ2) is 5.13. The molecule has 1 aliphatic rings. The van der Waals surface area contributed by atoms with Crippen LogP contribution in [0, 0.1) is 5.92 Å². The van der Waals surface area contributed by atoms with E-state index in [9.17, 15) is 5.11 Å². The lowest BCUT2D eigenvalue weighted by Crippen LogP contribution is -2.41. The third kappa shape index (κ3) is 4.43. The monoisotopic (exact) mass is 199 g/mol. The van der Waals surface area contributed by atoms with Crippen molar-refractivity contribution in [2.75, 3.05) is 6.54 Å². The van der Waals surface area contributed by atoms with Gasteiger partial charge in [0.25, 0.3) is 0 Å². The van der Waals surface area contributed by atoms with Crippen molar-refractivity contribution in [1.82, 2.24) is 5.32 Å². The smallest absolute Gasteiger partial charge is 0.0637 e. The molecule has 0 amide bonds. The largest absolute Gasteiger partial charge is 0.390 e. The summed E-state index contributed by atoms with van der Waals surface area (Å²) in [5.74, 6) is 0.577. The molecule has 1 rings (SSSR count). The first-order chi connectivity index (χ1) is 6.49. The molecule has 0 radical (unpaired) electrons. The van der Waals surface area contributed by atoms with Crippen LogP contribution in [-0.4, -0.2) is 23.3 Å².